The van der Waals surface area contributed by atoms with E-state index in [9.17, 15) is 4.79 Å². The third-order valence-corrected chi connectivity index (χ3v) is 4.83. The molecule has 1 N–H and O–H groups in total. The van der Waals surface area contributed by atoms with E-state index in [1.54, 1.807) is 0 Å². The van der Waals surface area contributed by atoms with Crippen molar-refractivity contribution in [2.45, 2.75) is 57.9 Å². The Morgan fingerprint density at radius 1 is 1.42 bits per heavy atom. The van der Waals surface area contributed by atoms with E-state index in [1.165, 1.54) is 16.7 Å². The van der Waals surface area contributed by atoms with Crippen LogP contribution in [0.25, 0.3) is 0 Å². The monoisotopic (exact) mass is 257 g/mol. The molecule has 2 nitrogen and oxygen atoms in total. The molecule has 0 saturated carbocycles. The lowest BCUT2D eigenvalue weighted by molar-refractivity contribution is -0.119. The lowest BCUT2D eigenvalue weighted by Gasteiger charge is -2.32. The topological polar surface area (TPSA) is 29.1 Å². The van der Waals surface area contributed by atoms with E-state index in [0.29, 0.717) is 18.4 Å². The third-order valence-electron chi connectivity index (χ3n) is 4.83. The Hall–Kier alpha value is -1.31. The lowest BCUT2D eigenvalue weighted by Crippen LogP contribution is -2.40. The van der Waals surface area contributed by atoms with E-state index in [1.807, 2.05) is 0 Å². The Morgan fingerprint density at radius 3 is 2.95 bits per heavy atom. The Kier molecular flexibility index (Phi) is 2.92. The molecule has 1 saturated heterocycles. The van der Waals surface area contributed by atoms with Crippen molar-refractivity contribution in [2.24, 2.45) is 5.92 Å². The highest BCUT2D eigenvalue weighted by atomic mass is 16.2. The van der Waals surface area contributed by atoms with Gasteiger partial charge in [0, 0.05) is 17.9 Å². The van der Waals surface area contributed by atoms with Gasteiger partial charge in [0.05, 0.1) is 0 Å². The molecular weight excluding hydrogens is 234 g/mol. The van der Waals surface area contributed by atoms with Crippen LogP contribution in [0, 0.1) is 12.8 Å². The molecule has 1 aromatic carbocycles. The minimum Gasteiger partial charge on any atom is -0.352 e. The number of hydrogen-bond acceptors (Lipinski definition) is 1. The summed E-state index contributed by atoms with van der Waals surface area (Å²) >= 11 is 0. The molecule has 1 aliphatic carbocycles. The first-order valence-electron chi connectivity index (χ1n) is 7.40. The summed E-state index contributed by atoms with van der Waals surface area (Å²) in [6.07, 6.45) is 4.01. The van der Waals surface area contributed by atoms with Gasteiger partial charge in [-0.15, -0.1) is 0 Å². The molecule has 102 valence electrons. The van der Waals surface area contributed by atoms with Crippen LogP contribution < -0.4 is 5.32 Å². The minimum atomic E-state index is 0.0721. The molecule has 1 heterocycles. The first-order valence-corrected chi connectivity index (χ1v) is 7.40. The minimum absolute atomic E-state index is 0.0721. The highest BCUT2D eigenvalue weighted by Crippen LogP contribution is 2.48. The normalized spacial score (nSPS) is 29.1. The number of fused-ring (bicyclic) bond motifs is 2. The van der Waals surface area contributed by atoms with Gasteiger partial charge < -0.3 is 5.32 Å². The van der Waals surface area contributed by atoms with Gasteiger partial charge in [-0.2, -0.15) is 0 Å². The summed E-state index contributed by atoms with van der Waals surface area (Å²) in [4.78, 5) is 12.0. The van der Waals surface area contributed by atoms with Crippen LogP contribution in [0.5, 0.6) is 0 Å². The first kappa shape index (κ1) is 12.7. The van der Waals surface area contributed by atoms with Crippen LogP contribution in [-0.2, 0) is 16.6 Å². The molecule has 0 radical (unpaired) electrons. The maximum absolute atomic E-state index is 12.0. The number of rotatable bonds is 2. The predicted octanol–water partition coefficient (Wildman–Crippen LogP) is 3.11. The van der Waals surface area contributed by atoms with Crippen molar-refractivity contribution < 1.29 is 4.79 Å². The second-order valence-corrected chi connectivity index (χ2v) is 6.74. The van der Waals surface area contributed by atoms with Gasteiger partial charge in [0.15, 0.2) is 0 Å². The summed E-state index contributed by atoms with van der Waals surface area (Å²) in [5.41, 5.74) is 4.28. The molecule has 2 atom stereocenters. The summed E-state index contributed by atoms with van der Waals surface area (Å²) in [6.45, 7) is 6.63. The number of aryl methyl sites for hydroxylation is 2. The molecule has 3 rings (SSSR count). The fourth-order valence-electron chi connectivity index (χ4n) is 3.96. The van der Waals surface area contributed by atoms with Crippen LogP contribution >= 0.6 is 0 Å². The predicted molar refractivity (Wildman–Crippen MR) is 77.2 cm³/mol. The molecule has 19 heavy (non-hydrogen) atoms. The average molecular weight is 257 g/mol. The van der Waals surface area contributed by atoms with Crippen molar-refractivity contribution in [3.63, 3.8) is 0 Å². The second kappa shape index (κ2) is 4.36. The fraction of sp³-hybridized carbons (Fsp3) is 0.588. The molecule has 1 amide bonds. The maximum atomic E-state index is 12.0. The SMILES string of the molecule is Cc1ccc2c(c1)C1(CC2)CC(=O)NC1CC(C)C. The zero-order chi connectivity index (χ0) is 13.6. The first-order chi connectivity index (χ1) is 9.01. The van der Waals surface area contributed by atoms with Gasteiger partial charge in [0.25, 0.3) is 0 Å². The molecule has 1 aromatic rings. The zero-order valence-corrected chi connectivity index (χ0v) is 12.1. The van der Waals surface area contributed by atoms with Crippen molar-refractivity contribution in [3.05, 3.63) is 34.9 Å². The number of carbonyl (C=O) groups excluding carboxylic acids is 1. The highest BCUT2D eigenvalue weighted by Gasteiger charge is 2.51. The molecule has 1 aliphatic heterocycles. The van der Waals surface area contributed by atoms with E-state index in [-0.39, 0.29) is 11.3 Å². The van der Waals surface area contributed by atoms with Crippen LogP contribution in [0.1, 0.15) is 49.8 Å². The number of benzene rings is 1. The van der Waals surface area contributed by atoms with Gasteiger partial charge >= 0.3 is 0 Å². The standard InChI is InChI=1S/C17H23NO/c1-11(2)8-15-17(10-16(19)18-15)7-6-13-5-4-12(3)9-14(13)17/h4-5,9,11,15H,6-8,10H2,1-3H3,(H,18,19). The lowest BCUT2D eigenvalue weighted by atomic mass is 9.72. The number of amides is 1. The van der Waals surface area contributed by atoms with Gasteiger partial charge in [-0.05, 0) is 43.2 Å². The van der Waals surface area contributed by atoms with Crippen LogP contribution in [0.2, 0.25) is 0 Å². The van der Waals surface area contributed by atoms with Gasteiger partial charge in [0.1, 0.15) is 0 Å². The van der Waals surface area contributed by atoms with Crippen molar-refractivity contribution in [1.82, 2.24) is 5.32 Å². The van der Waals surface area contributed by atoms with Crippen molar-refractivity contribution in [1.29, 1.82) is 0 Å². The zero-order valence-electron chi connectivity index (χ0n) is 12.1. The summed E-state index contributed by atoms with van der Waals surface area (Å²) in [5, 5.41) is 3.24. The fourth-order valence-corrected chi connectivity index (χ4v) is 3.96. The Morgan fingerprint density at radius 2 is 2.21 bits per heavy atom. The highest BCUT2D eigenvalue weighted by molar-refractivity contribution is 5.82. The molecule has 0 bridgehead atoms. The van der Waals surface area contributed by atoms with Crippen LogP contribution in [0.4, 0.5) is 0 Å². The van der Waals surface area contributed by atoms with E-state index in [0.717, 1.165) is 19.3 Å². The van der Waals surface area contributed by atoms with Crippen molar-refractivity contribution >= 4 is 5.91 Å². The van der Waals surface area contributed by atoms with Crippen molar-refractivity contribution in [3.8, 4) is 0 Å². The summed E-state index contributed by atoms with van der Waals surface area (Å²) < 4.78 is 0. The third kappa shape index (κ3) is 1.98. The van der Waals surface area contributed by atoms with Crippen molar-refractivity contribution in [2.75, 3.05) is 0 Å². The van der Waals surface area contributed by atoms with E-state index >= 15 is 0 Å². The maximum Gasteiger partial charge on any atom is 0.221 e. The average Bonchev–Trinajstić information content (AvgIpc) is 2.82. The number of carbonyl (C=O) groups is 1. The largest absolute Gasteiger partial charge is 0.352 e. The molecular formula is C17H23NO. The van der Waals surface area contributed by atoms with E-state index in [4.69, 9.17) is 0 Å². The Bertz CT molecular complexity index is 520. The van der Waals surface area contributed by atoms with Crippen LogP contribution in [-0.4, -0.2) is 11.9 Å². The molecule has 2 heteroatoms. The number of hydrogen-bond donors (Lipinski definition) is 1. The second-order valence-electron chi connectivity index (χ2n) is 6.74. The van der Waals surface area contributed by atoms with E-state index in [2.05, 4.69) is 44.3 Å². The molecule has 2 unspecified atom stereocenters. The summed E-state index contributed by atoms with van der Waals surface area (Å²) in [7, 11) is 0. The summed E-state index contributed by atoms with van der Waals surface area (Å²) in [5.74, 6) is 0.856. The molecule has 0 aromatic heterocycles. The quantitative estimate of drug-likeness (QED) is 0.866. The summed E-state index contributed by atoms with van der Waals surface area (Å²) in [6, 6.07) is 7.09. The van der Waals surface area contributed by atoms with Gasteiger partial charge in [0.2, 0.25) is 5.91 Å². The molecule has 1 fully saturated rings. The Balaban J connectivity index is 2.04. The van der Waals surface area contributed by atoms with Gasteiger partial charge in [-0.3, -0.25) is 4.79 Å². The molecule has 2 aliphatic rings. The smallest absolute Gasteiger partial charge is 0.221 e. The van der Waals surface area contributed by atoms with Crippen LogP contribution in [0.3, 0.4) is 0 Å². The van der Waals surface area contributed by atoms with Gasteiger partial charge in [-0.25, -0.2) is 0 Å². The van der Waals surface area contributed by atoms with Gasteiger partial charge in [-0.1, -0.05) is 37.6 Å². The Labute approximate surface area is 115 Å². The van der Waals surface area contributed by atoms with E-state index < -0.39 is 0 Å². The molecule has 1 spiro atoms. The number of nitrogens with one attached hydrogen (secondary N) is 1. The van der Waals surface area contributed by atoms with Crippen LogP contribution in [0.15, 0.2) is 18.2 Å².